The molecule has 0 fully saturated rings. The highest BCUT2D eigenvalue weighted by Crippen LogP contribution is 2.32. The molecule has 0 radical (unpaired) electrons. The molecule has 128 valence electrons. The quantitative estimate of drug-likeness (QED) is 0.786. The molecule has 0 aromatic heterocycles. The third-order valence-electron chi connectivity index (χ3n) is 3.32. The van der Waals surface area contributed by atoms with Crippen molar-refractivity contribution in [3.63, 3.8) is 0 Å². The molecule has 1 atom stereocenters. The Morgan fingerprint density at radius 2 is 1.71 bits per heavy atom. The number of rotatable bonds is 7. The minimum Gasteiger partial charge on any atom is -0.504 e. The Kier molecular flexibility index (Phi) is 5.89. The van der Waals surface area contributed by atoms with Gasteiger partial charge in [0.2, 0.25) is 6.10 Å². The number of phenolic OH excluding ortho intramolecular Hbond substituents is 1. The predicted molar refractivity (Wildman–Crippen MR) is 87.7 cm³/mol. The molecule has 0 saturated heterocycles. The van der Waals surface area contributed by atoms with Crippen LogP contribution in [0, 0.1) is 0 Å². The van der Waals surface area contributed by atoms with Crippen LogP contribution < -0.4 is 14.2 Å². The first-order valence-electron chi connectivity index (χ1n) is 7.43. The first kappa shape index (κ1) is 17.5. The van der Waals surface area contributed by atoms with Crippen molar-refractivity contribution in [2.45, 2.75) is 13.0 Å². The van der Waals surface area contributed by atoms with Gasteiger partial charge in [-0.1, -0.05) is 6.07 Å². The van der Waals surface area contributed by atoms with Gasteiger partial charge >= 0.3 is 5.97 Å². The van der Waals surface area contributed by atoms with Crippen LogP contribution >= 0.6 is 0 Å². The van der Waals surface area contributed by atoms with Gasteiger partial charge in [-0.2, -0.15) is 0 Å². The summed E-state index contributed by atoms with van der Waals surface area (Å²) in [5, 5.41) is 9.71. The summed E-state index contributed by atoms with van der Waals surface area (Å²) in [4.78, 5) is 12.3. The minimum atomic E-state index is -0.979. The van der Waals surface area contributed by atoms with Crippen molar-refractivity contribution in [3.8, 4) is 23.0 Å². The highest BCUT2D eigenvalue weighted by Gasteiger charge is 2.25. The summed E-state index contributed by atoms with van der Waals surface area (Å²) < 4.78 is 21.1. The highest BCUT2D eigenvalue weighted by atomic mass is 16.6. The van der Waals surface area contributed by atoms with E-state index in [2.05, 4.69) is 0 Å². The molecule has 6 nitrogen and oxygen atoms in total. The first-order chi connectivity index (χ1) is 11.6. The van der Waals surface area contributed by atoms with E-state index in [0.29, 0.717) is 17.1 Å². The molecule has 1 N–H and O–H groups in total. The number of hydrogen-bond acceptors (Lipinski definition) is 6. The van der Waals surface area contributed by atoms with Crippen molar-refractivity contribution in [1.29, 1.82) is 0 Å². The molecule has 0 saturated carbocycles. The summed E-state index contributed by atoms with van der Waals surface area (Å²) in [7, 11) is 3.00. The Morgan fingerprint density at radius 1 is 1.04 bits per heavy atom. The minimum absolute atomic E-state index is 0.0201. The third kappa shape index (κ3) is 4.10. The molecule has 24 heavy (non-hydrogen) atoms. The maximum absolute atomic E-state index is 12.3. The van der Waals surface area contributed by atoms with Crippen LogP contribution in [0.4, 0.5) is 0 Å². The number of esters is 1. The van der Waals surface area contributed by atoms with Crippen molar-refractivity contribution in [2.75, 3.05) is 20.8 Å². The van der Waals surface area contributed by atoms with Gasteiger partial charge < -0.3 is 24.1 Å². The van der Waals surface area contributed by atoms with E-state index < -0.39 is 12.1 Å². The molecular weight excluding hydrogens is 312 g/mol. The summed E-state index contributed by atoms with van der Waals surface area (Å²) in [5.41, 5.74) is 0.513. The molecule has 0 bridgehead atoms. The lowest BCUT2D eigenvalue weighted by molar-refractivity contribution is -0.151. The molecule has 0 aliphatic heterocycles. The maximum Gasteiger partial charge on any atom is 0.352 e. The van der Waals surface area contributed by atoms with E-state index in [4.69, 9.17) is 18.9 Å². The van der Waals surface area contributed by atoms with E-state index in [9.17, 15) is 9.90 Å². The first-order valence-corrected chi connectivity index (χ1v) is 7.43. The zero-order valence-corrected chi connectivity index (χ0v) is 13.8. The van der Waals surface area contributed by atoms with Gasteiger partial charge in [0.1, 0.15) is 11.5 Å². The number of methoxy groups -OCH3 is 2. The van der Waals surface area contributed by atoms with E-state index in [1.807, 2.05) is 0 Å². The average molecular weight is 332 g/mol. The predicted octanol–water partition coefficient (Wildman–Crippen LogP) is 3.09. The SMILES string of the molecule is CCOC(=O)C(Oc1ccc(OC)cc1)c1ccc(O)c(OC)c1. The van der Waals surface area contributed by atoms with Crippen LogP contribution in [0.15, 0.2) is 42.5 Å². The smallest absolute Gasteiger partial charge is 0.352 e. The molecule has 0 spiro atoms. The molecular formula is C18H20O6. The van der Waals surface area contributed by atoms with Crippen molar-refractivity contribution < 1.29 is 28.8 Å². The summed E-state index contributed by atoms with van der Waals surface area (Å²) in [6.45, 7) is 1.95. The Hall–Kier alpha value is -2.89. The number of hydrogen-bond donors (Lipinski definition) is 1. The normalized spacial score (nSPS) is 11.5. The Labute approximate surface area is 140 Å². The molecule has 0 amide bonds. The topological polar surface area (TPSA) is 74.2 Å². The van der Waals surface area contributed by atoms with Crippen molar-refractivity contribution >= 4 is 5.97 Å². The Morgan fingerprint density at radius 3 is 2.29 bits per heavy atom. The van der Waals surface area contributed by atoms with E-state index in [1.54, 1.807) is 50.4 Å². The summed E-state index contributed by atoms with van der Waals surface area (Å²) in [6, 6.07) is 11.4. The van der Waals surface area contributed by atoms with Crippen LogP contribution in [0.3, 0.4) is 0 Å². The Balaban J connectivity index is 2.31. The van der Waals surface area contributed by atoms with Crippen LogP contribution in [0.5, 0.6) is 23.0 Å². The number of aromatic hydroxyl groups is 1. The lowest BCUT2D eigenvalue weighted by atomic mass is 10.1. The van der Waals surface area contributed by atoms with Gasteiger partial charge in [-0.05, 0) is 43.3 Å². The van der Waals surface area contributed by atoms with E-state index >= 15 is 0 Å². The monoisotopic (exact) mass is 332 g/mol. The molecule has 2 rings (SSSR count). The fourth-order valence-electron chi connectivity index (χ4n) is 2.12. The van der Waals surface area contributed by atoms with Crippen LogP contribution in [0.25, 0.3) is 0 Å². The standard InChI is InChI=1S/C18H20O6/c1-4-23-18(20)17(12-5-10-15(19)16(11-12)22-3)24-14-8-6-13(21-2)7-9-14/h5-11,17,19H,4H2,1-3H3. The molecule has 2 aromatic rings. The molecule has 0 aliphatic carbocycles. The van der Waals surface area contributed by atoms with Crippen LogP contribution in [-0.4, -0.2) is 31.9 Å². The van der Waals surface area contributed by atoms with Gasteiger partial charge in [0.15, 0.2) is 11.5 Å². The zero-order chi connectivity index (χ0) is 17.5. The second-order valence-electron chi connectivity index (χ2n) is 4.86. The van der Waals surface area contributed by atoms with Gasteiger partial charge in [-0.3, -0.25) is 0 Å². The number of carbonyl (C=O) groups is 1. The largest absolute Gasteiger partial charge is 0.504 e. The fourth-order valence-corrected chi connectivity index (χ4v) is 2.12. The van der Waals surface area contributed by atoms with Gasteiger partial charge in [0.05, 0.1) is 20.8 Å². The lowest BCUT2D eigenvalue weighted by Crippen LogP contribution is -2.21. The lowest BCUT2D eigenvalue weighted by Gasteiger charge is -2.19. The van der Waals surface area contributed by atoms with E-state index in [-0.39, 0.29) is 18.1 Å². The third-order valence-corrected chi connectivity index (χ3v) is 3.32. The van der Waals surface area contributed by atoms with Crippen LogP contribution in [0.1, 0.15) is 18.6 Å². The van der Waals surface area contributed by atoms with Gasteiger partial charge in [0.25, 0.3) is 0 Å². The number of phenols is 1. The van der Waals surface area contributed by atoms with Crippen LogP contribution in [-0.2, 0) is 9.53 Å². The summed E-state index contributed by atoms with van der Waals surface area (Å²) in [5.74, 6) is 0.872. The molecule has 1 unspecified atom stereocenters. The maximum atomic E-state index is 12.3. The zero-order valence-electron chi connectivity index (χ0n) is 13.8. The Bertz CT molecular complexity index is 680. The van der Waals surface area contributed by atoms with Gasteiger partial charge in [0, 0.05) is 5.56 Å². The van der Waals surface area contributed by atoms with Gasteiger partial charge in [-0.25, -0.2) is 4.79 Å². The second-order valence-corrected chi connectivity index (χ2v) is 4.86. The summed E-state index contributed by atoms with van der Waals surface area (Å²) in [6.07, 6.45) is -0.979. The molecule has 2 aromatic carbocycles. The highest BCUT2D eigenvalue weighted by molar-refractivity contribution is 5.77. The molecule has 0 aliphatic rings. The molecule has 6 heteroatoms. The number of ether oxygens (including phenoxy) is 4. The van der Waals surface area contributed by atoms with E-state index in [0.717, 1.165) is 0 Å². The van der Waals surface area contributed by atoms with Crippen molar-refractivity contribution in [3.05, 3.63) is 48.0 Å². The second kappa shape index (κ2) is 8.10. The summed E-state index contributed by atoms with van der Waals surface area (Å²) >= 11 is 0. The van der Waals surface area contributed by atoms with Crippen molar-refractivity contribution in [1.82, 2.24) is 0 Å². The van der Waals surface area contributed by atoms with Crippen molar-refractivity contribution in [2.24, 2.45) is 0 Å². The number of benzene rings is 2. The molecule has 0 heterocycles. The number of carbonyl (C=O) groups excluding carboxylic acids is 1. The van der Waals surface area contributed by atoms with Gasteiger partial charge in [-0.15, -0.1) is 0 Å². The van der Waals surface area contributed by atoms with E-state index in [1.165, 1.54) is 13.2 Å². The fraction of sp³-hybridized carbons (Fsp3) is 0.278. The average Bonchev–Trinajstić information content (AvgIpc) is 2.61. The van der Waals surface area contributed by atoms with Crippen LogP contribution in [0.2, 0.25) is 0 Å².